The highest BCUT2D eigenvalue weighted by Crippen LogP contribution is 2.41. The summed E-state index contributed by atoms with van der Waals surface area (Å²) in [6.45, 7) is 4.57. The first kappa shape index (κ1) is 14.9. The molecule has 1 saturated carbocycles. The van der Waals surface area contributed by atoms with E-state index in [1.54, 1.807) is 0 Å². The van der Waals surface area contributed by atoms with Gasteiger partial charge in [0, 0.05) is 28.9 Å². The van der Waals surface area contributed by atoms with Crippen LogP contribution in [0.1, 0.15) is 56.8 Å². The molecule has 0 aliphatic heterocycles. The fraction of sp³-hybridized carbons (Fsp3) is 0.688. The predicted octanol–water partition coefficient (Wildman–Crippen LogP) is 4.17. The van der Waals surface area contributed by atoms with Crippen LogP contribution in [0.25, 0.3) is 0 Å². The molecule has 2 rings (SSSR count). The molecule has 0 spiro atoms. The molecule has 1 aromatic heterocycles. The summed E-state index contributed by atoms with van der Waals surface area (Å²) < 4.78 is 0. The Kier molecular flexibility index (Phi) is 5.71. The van der Waals surface area contributed by atoms with Gasteiger partial charge < -0.3 is 5.73 Å². The van der Waals surface area contributed by atoms with Crippen molar-refractivity contribution < 1.29 is 0 Å². The van der Waals surface area contributed by atoms with Gasteiger partial charge in [-0.2, -0.15) is 0 Å². The number of hydrogen-bond donors (Lipinski definition) is 1. The van der Waals surface area contributed by atoms with Gasteiger partial charge in [-0.15, -0.1) is 11.8 Å². The van der Waals surface area contributed by atoms with Gasteiger partial charge in [0.2, 0.25) is 0 Å². The summed E-state index contributed by atoms with van der Waals surface area (Å²) in [5.74, 6) is 0.877. The number of nitrogens with zero attached hydrogens (tertiary/aromatic N) is 1. The van der Waals surface area contributed by atoms with Crippen LogP contribution < -0.4 is 5.73 Å². The van der Waals surface area contributed by atoms with Crippen LogP contribution in [-0.2, 0) is 0 Å². The van der Waals surface area contributed by atoms with Crippen molar-refractivity contribution in [3.8, 4) is 0 Å². The maximum absolute atomic E-state index is 6.36. The van der Waals surface area contributed by atoms with E-state index in [2.05, 4.69) is 42.7 Å². The first-order chi connectivity index (χ1) is 9.20. The fourth-order valence-electron chi connectivity index (χ4n) is 2.90. The van der Waals surface area contributed by atoms with Crippen LogP contribution >= 0.6 is 11.8 Å². The quantitative estimate of drug-likeness (QED) is 0.878. The second-order valence-corrected chi connectivity index (χ2v) is 7.25. The monoisotopic (exact) mass is 278 g/mol. The summed E-state index contributed by atoms with van der Waals surface area (Å²) in [7, 11) is 0. The molecule has 19 heavy (non-hydrogen) atoms. The predicted molar refractivity (Wildman–Crippen MR) is 84.3 cm³/mol. The van der Waals surface area contributed by atoms with E-state index in [9.17, 15) is 0 Å². The molecule has 0 bridgehead atoms. The van der Waals surface area contributed by atoms with Crippen molar-refractivity contribution in [1.82, 2.24) is 4.98 Å². The highest BCUT2D eigenvalue weighted by molar-refractivity contribution is 8.00. The normalized spacial score (nSPS) is 26.9. The fourth-order valence-corrected chi connectivity index (χ4v) is 4.77. The van der Waals surface area contributed by atoms with Gasteiger partial charge >= 0.3 is 0 Å². The van der Waals surface area contributed by atoms with E-state index in [0.717, 1.165) is 17.6 Å². The third kappa shape index (κ3) is 4.22. The molecule has 0 amide bonds. The first-order valence-electron chi connectivity index (χ1n) is 7.51. The van der Waals surface area contributed by atoms with Crippen molar-refractivity contribution >= 4 is 11.8 Å². The molecule has 0 saturated heterocycles. The number of pyridine rings is 1. The van der Waals surface area contributed by atoms with Gasteiger partial charge in [-0.1, -0.05) is 26.7 Å². The number of thioether (sulfide) groups is 1. The lowest BCUT2D eigenvalue weighted by atomic mass is 9.90. The summed E-state index contributed by atoms with van der Waals surface area (Å²) in [6, 6.07) is 4.49. The molecule has 1 aliphatic carbocycles. The average Bonchev–Trinajstić information content (AvgIpc) is 2.45. The Balaban J connectivity index is 2.06. The van der Waals surface area contributed by atoms with Gasteiger partial charge in [-0.25, -0.2) is 0 Å². The van der Waals surface area contributed by atoms with Crippen LogP contribution in [0.5, 0.6) is 0 Å². The zero-order valence-electron chi connectivity index (χ0n) is 12.1. The lowest BCUT2D eigenvalue weighted by molar-refractivity contribution is 0.393. The average molecular weight is 278 g/mol. The Morgan fingerprint density at radius 1 is 1.37 bits per heavy atom. The number of rotatable bonds is 5. The van der Waals surface area contributed by atoms with Crippen molar-refractivity contribution in [2.75, 3.05) is 0 Å². The van der Waals surface area contributed by atoms with E-state index in [1.807, 2.05) is 12.4 Å². The topological polar surface area (TPSA) is 38.9 Å². The molecule has 3 heteroatoms. The second-order valence-electron chi connectivity index (χ2n) is 5.80. The van der Waals surface area contributed by atoms with Crippen LogP contribution in [0, 0.1) is 5.92 Å². The number of aromatic nitrogens is 1. The van der Waals surface area contributed by atoms with E-state index in [4.69, 9.17) is 5.73 Å². The minimum atomic E-state index is 0.240. The molecule has 0 radical (unpaired) electrons. The van der Waals surface area contributed by atoms with Gasteiger partial charge in [0.15, 0.2) is 0 Å². The Bertz CT molecular complexity index is 368. The van der Waals surface area contributed by atoms with Crippen molar-refractivity contribution in [1.29, 1.82) is 0 Å². The smallest absolute Gasteiger partial charge is 0.0452 e. The molecule has 1 aromatic rings. The molecule has 4 unspecified atom stereocenters. The van der Waals surface area contributed by atoms with Crippen LogP contribution in [0.3, 0.4) is 0 Å². The van der Waals surface area contributed by atoms with E-state index < -0.39 is 0 Å². The Morgan fingerprint density at radius 3 is 2.74 bits per heavy atom. The molecule has 2 N–H and O–H groups in total. The molecule has 4 atom stereocenters. The zero-order valence-corrected chi connectivity index (χ0v) is 12.9. The van der Waals surface area contributed by atoms with Crippen LogP contribution in [-0.4, -0.2) is 16.3 Å². The molecule has 2 nitrogen and oxygen atoms in total. The Labute approximate surface area is 121 Å². The molecular formula is C16H26N2S. The molecule has 1 heterocycles. The Morgan fingerprint density at radius 2 is 2.11 bits per heavy atom. The van der Waals surface area contributed by atoms with Crippen molar-refractivity contribution in [3.63, 3.8) is 0 Å². The molecular weight excluding hydrogens is 252 g/mol. The van der Waals surface area contributed by atoms with Crippen LogP contribution in [0.4, 0.5) is 0 Å². The summed E-state index contributed by atoms with van der Waals surface area (Å²) in [5, 5.41) is 1.20. The second kappa shape index (κ2) is 7.30. The van der Waals surface area contributed by atoms with Crippen molar-refractivity contribution in [2.24, 2.45) is 11.7 Å². The van der Waals surface area contributed by atoms with Gasteiger partial charge in [0.1, 0.15) is 0 Å². The van der Waals surface area contributed by atoms with E-state index in [0.29, 0.717) is 5.25 Å². The van der Waals surface area contributed by atoms with E-state index in [1.165, 1.54) is 31.2 Å². The van der Waals surface area contributed by atoms with Gasteiger partial charge in [-0.3, -0.25) is 4.98 Å². The maximum Gasteiger partial charge on any atom is 0.0452 e. The minimum absolute atomic E-state index is 0.240. The molecule has 1 aliphatic rings. The van der Waals surface area contributed by atoms with Gasteiger partial charge in [-0.05, 0) is 42.9 Å². The zero-order chi connectivity index (χ0) is 13.7. The largest absolute Gasteiger partial charge is 0.326 e. The van der Waals surface area contributed by atoms with Crippen molar-refractivity contribution in [2.45, 2.75) is 62.5 Å². The summed E-state index contributed by atoms with van der Waals surface area (Å²) in [6.07, 6.45) is 10.3. The SMILES string of the molecule is CCC(N)C(SC1CCCC(C)C1)c1ccncc1. The Hall–Kier alpha value is -0.540. The molecule has 1 fully saturated rings. The molecule has 0 aromatic carbocycles. The number of hydrogen-bond acceptors (Lipinski definition) is 3. The standard InChI is InChI=1S/C16H26N2S/c1-3-15(17)16(13-7-9-18-10-8-13)19-14-6-4-5-12(2)11-14/h7-10,12,14-16H,3-6,11,17H2,1-2H3. The van der Waals surface area contributed by atoms with E-state index >= 15 is 0 Å². The number of nitrogens with two attached hydrogens (primary N) is 1. The maximum atomic E-state index is 6.36. The van der Waals surface area contributed by atoms with Crippen LogP contribution in [0.2, 0.25) is 0 Å². The molecule has 106 valence electrons. The first-order valence-corrected chi connectivity index (χ1v) is 8.46. The van der Waals surface area contributed by atoms with Crippen molar-refractivity contribution in [3.05, 3.63) is 30.1 Å². The van der Waals surface area contributed by atoms with Gasteiger partial charge in [0.05, 0.1) is 0 Å². The minimum Gasteiger partial charge on any atom is -0.326 e. The summed E-state index contributed by atoms with van der Waals surface area (Å²) in [4.78, 5) is 4.12. The lowest BCUT2D eigenvalue weighted by Gasteiger charge is -2.32. The summed E-state index contributed by atoms with van der Waals surface area (Å²) in [5.41, 5.74) is 7.70. The highest BCUT2D eigenvalue weighted by Gasteiger charge is 2.26. The lowest BCUT2D eigenvalue weighted by Crippen LogP contribution is -2.28. The summed E-state index contributed by atoms with van der Waals surface area (Å²) >= 11 is 2.10. The van der Waals surface area contributed by atoms with Crippen LogP contribution in [0.15, 0.2) is 24.5 Å². The highest BCUT2D eigenvalue weighted by atomic mass is 32.2. The third-order valence-electron chi connectivity index (χ3n) is 4.12. The van der Waals surface area contributed by atoms with Gasteiger partial charge in [0.25, 0.3) is 0 Å². The van der Waals surface area contributed by atoms with E-state index in [-0.39, 0.29) is 6.04 Å². The third-order valence-corrected chi connectivity index (χ3v) is 5.85.